The molecule has 2 atom stereocenters. The summed E-state index contributed by atoms with van der Waals surface area (Å²) in [7, 11) is 0. The lowest BCUT2D eigenvalue weighted by atomic mass is 10.1. The molecule has 5 heteroatoms. The van der Waals surface area contributed by atoms with Crippen LogP contribution in [0.2, 0.25) is 0 Å². The molecule has 0 saturated carbocycles. The molecule has 0 aliphatic heterocycles. The van der Waals surface area contributed by atoms with E-state index in [4.69, 9.17) is 4.42 Å². The normalized spacial score (nSPS) is 21.2. The molecular formula is C14H12BrNO3. The van der Waals surface area contributed by atoms with Crippen LogP contribution in [0, 0.1) is 0 Å². The molecule has 0 spiro atoms. The van der Waals surface area contributed by atoms with Gasteiger partial charge in [0.05, 0.1) is 12.1 Å². The number of halogens is 1. The Balaban J connectivity index is 1.82. The lowest BCUT2D eigenvalue weighted by Gasteiger charge is -2.17. The Bertz CT molecular complexity index is 623. The highest BCUT2D eigenvalue weighted by atomic mass is 79.9. The Morgan fingerprint density at radius 2 is 2.11 bits per heavy atom. The first-order valence-corrected chi connectivity index (χ1v) is 6.76. The second kappa shape index (κ2) is 4.83. The minimum Gasteiger partial charge on any atom is -0.444 e. The molecule has 2 aromatic rings. The molecule has 0 saturated heterocycles. The van der Waals surface area contributed by atoms with Crippen LogP contribution in [0.5, 0.6) is 0 Å². The summed E-state index contributed by atoms with van der Waals surface area (Å²) in [6.45, 7) is 0. The summed E-state index contributed by atoms with van der Waals surface area (Å²) >= 11 is 3.15. The molecule has 1 amide bonds. The average Bonchev–Trinajstić information content (AvgIpc) is 2.95. The van der Waals surface area contributed by atoms with Gasteiger partial charge in [0.1, 0.15) is 0 Å². The molecule has 1 aromatic carbocycles. The third-order valence-corrected chi connectivity index (χ3v) is 3.71. The number of carbonyl (C=O) groups excluding carboxylic acids is 1. The van der Waals surface area contributed by atoms with Gasteiger partial charge in [0.2, 0.25) is 0 Å². The van der Waals surface area contributed by atoms with E-state index < -0.39 is 6.10 Å². The first-order chi connectivity index (χ1) is 9.15. The molecular weight excluding hydrogens is 310 g/mol. The van der Waals surface area contributed by atoms with Gasteiger partial charge in [-0.25, -0.2) is 0 Å². The van der Waals surface area contributed by atoms with Gasteiger partial charge in [0.15, 0.2) is 10.4 Å². The third-order valence-electron chi connectivity index (χ3n) is 3.29. The maximum Gasteiger partial charge on any atom is 0.287 e. The summed E-state index contributed by atoms with van der Waals surface area (Å²) in [6, 6.07) is 10.6. The van der Waals surface area contributed by atoms with E-state index >= 15 is 0 Å². The molecule has 1 heterocycles. The van der Waals surface area contributed by atoms with Gasteiger partial charge in [-0.1, -0.05) is 24.3 Å². The second-order valence-corrected chi connectivity index (χ2v) is 5.31. The summed E-state index contributed by atoms with van der Waals surface area (Å²) in [5.74, 6) is -0.102. The lowest BCUT2D eigenvalue weighted by Crippen LogP contribution is -2.33. The van der Waals surface area contributed by atoms with Crippen LogP contribution in [-0.2, 0) is 6.42 Å². The van der Waals surface area contributed by atoms with Gasteiger partial charge in [-0.15, -0.1) is 0 Å². The minimum absolute atomic E-state index is 0.225. The fourth-order valence-electron chi connectivity index (χ4n) is 2.40. The van der Waals surface area contributed by atoms with Crippen molar-refractivity contribution in [1.29, 1.82) is 0 Å². The standard InChI is InChI=1S/C14H12BrNO3/c15-12-6-5-11(19-12)14(18)16-13-9-4-2-1-3-8(9)7-10(13)17/h1-6,10,13,17H,7H2,(H,16,18). The Kier molecular flexibility index (Phi) is 3.16. The van der Waals surface area contributed by atoms with E-state index in [9.17, 15) is 9.90 Å². The molecule has 0 radical (unpaired) electrons. The van der Waals surface area contributed by atoms with Crippen molar-refractivity contribution in [3.05, 3.63) is 58.0 Å². The van der Waals surface area contributed by atoms with Gasteiger partial charge in [0.25, 0.3) is 5.91 Å². The van der Waals surface area contributed by atoms with E-state index in [-0.39, 0.29) is 17.7 Å². The van der Waals surface area contributed by atoms with Crippen LogP contribution in [0.15, 0.2) is 45.5 Å². The van der Waals surface area contributed by atoms with Crippen molar-refractivity contribution in [3.8, 4) is 0 Å². The van der Waals surface area contributed by atoms with Gasteiger partial charge in [-0.2, -0.15) is 0 Å². The van der Waals surface area contributed by atoms with Crippen LogP contribution in [0.25, 0.3) is 0 Å². The monoisotopic (exact) mass is 321 g/mol. The maximum absolute atomic E-state index is 12.0. The second-order valence-electron chi connectivity index (χ2n) is 4.53. The number of amides is 1. The molecule has 3 rings (SSSR count). The summed E-state index contributed by atoms with van der Waals surface area (Å²) in [5, 5.41) is 12.9. The highest BCUT2D eigenvalue weighted by molar-refractivity contribution is 9.10. The smallest absolute Gasteiger partial charge is 0.287 e. The summed E-state index contributed by atoms with van der Waals surface area (Å²) < 4.78 is 5.71. The van der Waals surface area contributed by atoms with Gasteiger partial charge >= 0.3 is 0 Å². The topological polar surface area (TPSA) is 62.5 Å². The van der Waals surface area contributed by atoms with Gasteiger partial charge < -0.3 is 14.8 Å². The van der Waals surface area contributed by atoms with E-state index in [2.05, 4.69) is 21.2 Å². The summed E-state index contributed by atoms with van der Waals surface area (Å²) in [4.78, 5) is 12.0. The van der Waals surface area contributed by atoms with Crippen LogP contribution < -0.4 is 5.32 Å². The molecule has 2 unspecified atom stereocenters. The van der Waals surface area contributed by atoms with Crippen molar-refractivity contribution >= 4 is 21.8 Å². The first kappa shape index (κ1) is 12.4. The highest BCUT2D eigenvalue weighted by Crippen LogP contribution is 2.31. The predicted octanol–water partition coefficient (Wildman–Crippen LogP) is 2.43. The van der Waals surface area contributed by atoms with Gasteiger partial charge in [-0.3, -0.25) is 4.79 Å². The molecule has 98 valence electrons. The molecule has 1 aliphatic carbocycles. The number of hydrogen-bond donors (Lipinski definition) is 2. The largest absolute Gasteiger partial charge is 0.444 e. The Hall–Kier alpha value is -1.59. The van der Waals surface area contributed by atoms with Crippen LogP contribution >= 0.6 is 15.9 Å². The van der Waals surface area contributed by atoms with E-state index in [1.165, 1.54) is 0 Å². The number of aliphatic hydroxyl groups excluding tert-OH is 1. The van der Waals surface area contributed by atoms with Crippen molar-refractivity contribution < 1.29 is 14.3 Å². The molecule has 0 bridgehead atoms. The Morgan fingerprint density at radius 1 is 1.32 bits per heavy atom. The predicted molar refractivity (Wildman–Crippen MR) is 72.8 cm³/mol. The van der Waals surface area contributed by atoms with Crippen molar-refractivity contribution in [2.24, 2.45) is 0 Å². The van der Waals surface area contributed by atoms with Gasteiger partial charge in [0, 0.05) is 6.42 Å². The number of carbonyl (C=O) groups is 1. The number of furan rings is 1. The maximum atomic E-state index is 12.0. The number of rotatable bonds is 2. The quantitative estimate of drug-likeness (QED) is 0.893. The molecule has 1 aliphatic rings. The number of benzene rings is 1. The lowest BCUT2D eigenvalue weighted by molar-refractivity contribution is 0.0830. The fourth-order valence-corrected chi connectivity index (χ4v) is 2.70. The number of nitrogens with one attached hydrogen (secondary N) is 1. The van der Waals surface area contributed by atoms with Crippen molar-refractivity contribution in [1.82, 2.24) is 5.32 Å². The zero-order chi connectivity index (χ0) is 13.4. The molecule has 0 fully saturated rings. The number of hydrogen-bond acceptors (Lipinski definition) is 3. The highest BCUT2D eigenvalue weighted by Gasteiger charge is 2.32. The van der Waals surface area contributed by atoms with E-state index in [0.717, 1.165) is 11.1 Å². The van der Waals surface area contributed by atoms with Crippen molar-refractivity contribution in [2.45, 2.75) is 18.6 Å². The first-order valence-electron chi connectivity index (χ1n) is 5.97. The van der Waals surface area contributed by atoms with Crippen molar-refractivity contribution in [3.63, 3.8) is 0 Å². The fraction of sp³-hybridized carbons (Fsp3) is 0.214. The van der Waals surface area contributed by atoms with Crippen LogP contribution in [0.3, 0.4) is 0 Å². The van der Waals surface area contributed by atoms with Gasteiger partial charge in [-0.05, 0) is 39.2 Å². The molecule has 19 heavy (non-hydrogen) atoms. The third kappa shape index (κ3) is 2.31. The Morgan fingerprint density at radius 3 is 2.84 bits per heavy atom. The summed E-state index contributed by atoms with van der Waals surface area (Å²) in [5.41, 5.74) is 2.04. The zero-order valence-electron chi connectivity index (χ0n) is 9.97. The van der Waals surface area contributed by atoms with Crippen LogP contribution in [-0.4, -0.2) is 17.1 Å². The number of aliphatic hydroxyl groups is 1. The Labute approximate surface area is 118 Å². The summed E-state index contributed by atoms with van der Waals surface area (Å²) in [6.07, 6.45) is -0.0389. The molecule has 2 N–H and O–H groups in total. The molecule has 1 aromatic heterocycles. The van der Waals surface area contributed by atoms with Crippen LogP contribution in [0.1, 0.15) is 27.7 Å². The molecule has 4 nitrogen and oxygen atoms in total. The zero-order valence-corrected chi connectivity index (χ0v) is 11.6. The average molecular weight is 322 g/mol. The van der Waals surface area contributed by atoms with Crippen molar-refractivity contribution in [2.75, 3.05) is 0 Å². The van der Waals surface area contributed by atoms with E-state index in [1.807, 2.05) is 24.3 Å². The van der Waals surface area contributed by atoms with Crippen LogP contribution in [0.4, 0.5) is 0 Å². The number of fused-ring (bicyclic) bond motifs is 1. The van der Waals surface area contributed by atoms with E-state index in [1.54, 1.807) is 12.1 Å². The SMILES string of the molecule is O=C(NC1c2ccccc2CC1O)c1ccc(Br)o1. The van der Waals surface area contributed by atoms with E-state index in [0.29, 0.717) is 11.1 Å². The minimum atomic E-state index is -0.597.